The Morgan fingerprint density at radius 1 is 1.30 bits per heavy atom. The number of amides is 1. The summed E-state index contributed by atoms with van der Waals surface area (Å²) in [5, 5.41) is 2.71. The molecule has 1 amide bonds. The van der Waals surface area contributed by atoms with Crippen molar-refractivity contribution in [2.75, 3.05) is 5.75 Å². The first kappa shape index (κ1) is 19.6. The van der Waals surface area contributed by atoms with Crippen molar-refractivity contribution < 1.29 is 22.5 Å². The molecule has 0 aliphatic carbocycles. The maximum absolute atomic E-state index is 11.3. The second-order valence-electron chi connectivity index (χ2n) is 6.21. The molecule has 1 aromatic rings. The fraction of sp³-hybridized carbons (Fsp3) is 0.562. The maximum atomic E-state index is 11.3. The molecule has 0 fully saturated rings. The largest absolute Gasteiger partial charge is 0.371 e. The van der Waals surface area contributed by atoms with Crippen molar-refractivity contribution in [3.63, 3.8) is 0 Å². The Morgan fingerprint density at radius 3 is 2.43 bits per heavy atom. The SMILES string of the molecule is CC(=O)NC(CCS(=O)(=O)O)CC(C)(C)OCc1ccccc1. The summed E-state index contributed by atoms with van der Waals surface area (Å²) in [7, 11) is -4.06. The standard InChI is InChI=1S/C16H25NO5S/c1-13(18)17-15(9-10-23(19,20)21)11-16(2,3)22-12-14-7-5-4-6-8-14/h4-8,15H,9-12H2,1-3H3,(H,17,18)(H,19,20,21). The van der Waals surface area contributed by atoms with Crippen molar-refractivity contribution in [2.24, 2.45) is 0 Å². The highest BCUT2D eigenvalue weighted by Gasteiger charge is 2.26. The first-order valence-electron chi connectivity index (χ1n) is 7.47. The van der Waals surface area contributed by atoms with Gasteiger partial charge in [0.15, 0.2) is 0 Å². The number of nitrogens with one attached hydrogen (secondary N) is 1. The van der Waals surface area contributed by atoms with Crippen molar-refractivity contribution >= 4 is 16.0 Å². The first-order valence-corrected chi connectivity index (χ1v) is 9.08. The summed E-state index contributed by atoms with van der Waals surface area (Å²) in [5.41, 5.74) is 0.483. The molecule has 0 aliphatic heterocycles. The first-order chi connectivity index (χ1) is 10.6. The number of hydrogen-bond acceptors (Lipinski definition) is 4. The van der Waals surface area contributed by atoms with Crippen LogP contribution in [0.1, 0.15) is 39.2 Å². The highest BCUT2D eigenvalue weighted by Crippen LogP contribution is 2.21. The minimum absolute atomic E-state index is 0.135. The number of hydrogen-bond donors (Lipinski definition) is 2. The minimum Gasteiger partial charge on any atom is -0.371 e. The Bertz CT molecular complexity index is 598. The van der Waals surface area contributed by atoms with Crippen molar-refractivity contribution in [1.82, 2.24) is 5.32 Å². The molecule has 7 heteroatoms. The topological polar surface area (TPSA) is 92.7 Å². The third-order valence-electron chi connectivity index (χ3n) is 3.34. The predicted molar refractivity (Wildman–Crippen MR) is 88.6 cm³/mol. The van der Waals surface area contributed by atoms with Crippen LogP contribution in [-0.4, -0.2) is 36.3 Å². The molecular formula is C16H25NO5S. The van der Waals surface area contributed by atoms with Gasteiger partial charge in [-0.25, -0.2) is 0 Å². The van der Waals surface area contributed by atoms with Gasteiger partial charge >= 0.3 is 0 Å². The van der Waals surface area contributed by atoms with Crippen LogP contribution in [0.2, 0.25) is 0 Å². The zero-order valence-electron chi connectivity index (χ0n) is 13.8. The summed E-state index contributed by atoms with van der Waals surface area (Å²) in [6.45, 7) is 5.58. The van der Waals surface area contributed by atoms with E-state index in [1.54, 1.807) is 0 Å². The average Bonchev–Trinajstić information content (AvgIpc) is 2.42. The van der Waals surface area contributed by atoms with Crippen LogP contribution in [-0.2, 0) is 26.3 Å². The van der Waals surface area contributed by atoms with Gasteiger partial charge in [-0.15, -0.1) is 0 Å². The number of carbonyl (C=O) groups excluding carboxylic acids is 1. The van der Waals surface area contributed by atoms with Gasteiger partial charge in [0, 0.05) is 13.0 Å². The van der Waals surface area contributed by atoms with Gasteiger partial charge in [-0.05, 0) is 32.3 Å². The zero-order valence-corrected chi connectivity index (χ0v) is 14.6. The molecule has 130 valence electrons. The molecule has 23 heavy (non-hydrogen) atoms. The number of ether oxygens (including phenoxy) is 1. The lowest BCUT2D eigenvalue weighted by molar-refractivity contribution is -0.120. The monoisotopic (exact) mass is 343 g/mol. The highest BCUT2D eigenvalue weighted by molar-refractivity contribution is 7.85. The summed E-state index contributed by atoms with van der Waals surface area (Å²) in [4.78, 5) is 11.3. The van der Waals surface area contributed by atoms with Gasteiger partial charge in [0.1, 0.15) is 0 Å². The Labute approximate surface area is 138 Å². The van der Waals surface area contributed by atoms with E-state index in [0.717, 1.165) is 5.56 Å². The lowest BCUT2D eigenvalue weighted by Crippen LogP contribution is -2.41. The molecule has 1 aromatic carbocycles. The Hall–Kier alpha value is -1.44. The lowest BCUT2D eigenvalue weighted by atomic mass is 9.97. The molecular weight excluding hydrogens is 318 g/mol. The zero-order chi connectivity index (χ0) is 17.5. The molecule has 0 bridgehead atoms. The second-order valence-corrected chi connectivity index (χ2v) is 7.78. The molecule has 0 spiro atoms. The molecule has 1 atom stereocenters. The van der Waals surface area contributed by atoms with Crippen LogP contribution in [0.4, 0.5) is 0 Å². The van der Waals surface area contributed by atoms with Gasteiger partial charge in [0.05, 0.1) is 18.0 Å². The van der Waals surface area contributed by atoms with E-state index < -0.39 is 21.5 Å². The maximum Gasteiger partial charge on any atom is 0.264 e. The summed E-state index contributed by atoms with van der Waals surface area (Å²) in [6.07, 6.45) is 0.575. The van der Waals surface area contributed by atoms with Crippen molar-refractivity contribution in [2.45, 2.75) is 51.9 Å². The van der Waals surface area contributed by atoms with E-state index in [4.69, 9.17) is 9.29 Å². The van der Waals surface area contributed by atoms with Crippen LogP contribution in [0, 0.1) is 0 Å². The molecule has 1 unspecified atom stereocenters. The van der Waals surface area contributed by atoms with E-state index >= 15 is 0 Å². The quantitative estimate of drug-likeness (QED) is 0.670. The van der Waals surface area contributed by atoms with E-state index in [9.17, 15) is 13.2 Å². The molecule has 0 aliphatic rings. The van der Waals surface area contributed by atoms with E-state index in [-0.39, 0.29) is 18.4 Å². The Morgan fingerprint density at radius 2 is 1.91 bits per heavy atom. The van der Waals surface area contributed by atoms with E-state index in [1.807, 2.05) is 44.2 Å². The van der Waals surface area contributed by atoms with Crippen LogP contribution in [0.3, 0.4) is 0 Å². The van der Waals surface area contributed by atoms with Crippen LogP contribution in [0.15, 0.2) is 30.3 Å². The molecule has 0 radical (unpaired) electrons. The van der Waals surface area contributed by atoms with Crippen LogP contribution < -0.4 is 5.32 Å². The van der Waals surface area contributed by atoms with Gasteiger partial charge in [-0.1, -0.05) is 30.3 Å². The highest BCUT2D eigenvalue weighted by atomic mass is 32.2. The summed E-state index contributed by atoms with van der Waals surface area (Å²) in [6, 6.07) is 9.31. The fourth-order valence-electron chi connectivity index (χ4n) is 2.31. The minimum atomic E-state index is -4.06. The van der Waals surface area contributed by atoms with Crippen LogP contribution in [0.5, 0.6) is 0 Å². The summed E-state index contributed by atoms with van der Waals surface area (Å²) < 4.78 is 36.6. The third-order valence-corrected chi connectivity index (χ3v) is 4.09. The van der Waals surface area contributed by atoms with Crippen LogP contribution in [0.25, 0.3) is 0 Å². The molecule has 0 saturated heterocycles. The smallest absolute Gasteiger partial charge is 0.264 e. The number of rotatable bonds is 9. The fourth-order valence-corrected chi connectivity index (χ4v) is 2.89. The Balaban J connectivity index is 2.61. The van der Waals surface area contributed by atoms with Gasteiger partial charge < -0.3 is 10.1 Å². The second kappa shape index (κ2) is 8.42. The van der Waals surface area contributed by atoms with E-state index in [1.165, 1.54) is 6.92 Å². The molecule has 0 heterocycles. The summed E-state index contributed by atoms with van der Waals surface area (Å²) >= 11 is 0. The van der Waals surface area contributed by atoms with Gasteiger partial charge in [-0.3, -0.25) is 9.35 Å². The van der Waals surface area contributed by atoms with Gasteiger partial charge in [-0.2, -0.15) is 8.42 Å². The predicted octanol–water partition coefficient (Wildman–Crippen LogP) is 2.15. The van der Waals surface area contributed by atoms with Crippen molar-refractivity contribution in [3.8, 4) is 0 Å². The van der Waals surface area contributed by atoms with Crippen molar-refractivity contribution in [3.05, 3.63) is 35.9 Å². The Kier molecular flexibility index (Phi) is 7.18. The van der Waals surface area contributed by atoms with Crippen LogP contribution >= 0.6 is 0 Å². The average molecular weight is 343 g/mol. The van der Waals surface area contributed by atoms with E-state index in [2.05, 4.69) is 5.32 Å². The molecule has 0 aromatic heterocycles. The number of benzene rings is 1. The molecule has 1 rings (SSSR count). The van der Waals surface area contributed by atoms with E-state index in [0.29, 0.717) is 13.0 Å². The lowest BCUT2D eigenvalue weighted by Gasteiger charge is -2.30. The molecule has 6 nitrogen and oxygen atoms in total. The summed E-state index contributed by atoms with van der Waals surface area (Å²) in [5.74, 6) is -0.642. The third kappa shape index (κ3) is 9.32. The number of carbonyl (C=O) groups is 1. The normalized spacial score (nSPS) is 13.6. The molecule has 0 saturated carbocycles. The van der Waals surface area contributed by atoms with Crippen molar-refractivity contribution in [1.29, 1.82) is 0 Å². The molecule has 2 N–H and O–H groups in total. The van der Waals surface area contributed by atoms with Gasteiger partial charge in [0.25, 0.3) is 10.1 Å². The van der Waals surface area contributed by atoms with Gasteiger partial charge in [0.2, 0.25) is 5.91 Å².